The van der Waals surface area contributed by atoms with E-state index in [9.17, 15) is 0 Å². The van der Waals surface area contributed by atoms with Crippen molar-refractivity contribution >= 4 is 117 Å². The third-order valence-electron chi connectivity index (χ3n) is 10.8. The summed E-state index contributed by atoms with van der Waals surface area (Å²) in [5, 5.41) is 18.7. The van der Waals surface area contributed by atoms with Crippen molar-refractivity contribution in [1.82, 2.24) is 0 Å². The van der Waals surface area contributed by atoms with Crippen LogP contribution in [0, 0.1) is 0 Å². The Morgan fingerprint density at radius 1 is 0.292 bits per heavy atom. The van der Waals surface area contributed by atoms with Crippen molar-refractivity contribution in [3.05, 3.63) is 146 Å². The molecule has 12 aromatic rings. The molecule has 0 unspecified atom stereocenters. The smallest absolute Gasteiger partial charge is 0.0542 e. The van der Waals surface area contributed by atoms with Crippen LogP contribution in [0.5, 0.6) is 0 Å². The van der Waals surface area contributed by atoms with Crippen LogP contribution in [0.1, 0.15) is 0 Å². The topological polar surface area (TPSA) is 0 Å². The Labute approximate surface area is 283 Å². The third kappa shape index (κ3) is 3.29. The van der Waals surface area contributed by atoms with Gasteiger partial charge >= 0.3 is 0 Å². The Hall–Kier alpha value is -5.54. The van der Waals surface area contributed by atoms with Gasteiger partial charge in [0.05, 0.1) is 9.40 Å². The van der Waals surface area contributed by atoms with Crippen molar-refractivity contribution in [3.8, 4) is 22.3 Å². The van der Waals surface area contributed by atoms with Gasteiger partial charge in [0.25, 0.3) is 0 Å². The maximum absolute atomic E-state index is 2.44. The maximum Gasteiger partial charge on any atom is 0.0542 e. The normalized spacial score (nSPS) is 12.6. The van der Waals surface area contributed by atoms with Crippen LogP contribution in [-0.2, 0) is 0 Å². The highest BCUT2D eigenvalue weighted by Gasteiger charge is 2.18. The fourth-order valence-corrected chi connectivity index (χ4v) is 11.2. The molecule has 0 radical (unpaired) electrons. The van der Waals surface area contributed by atoms with Gasteiger partial charge in [0.15, 0.2) is 0 Å². The zero-order valence-corrected chi connectivity index (χ0v) is 27.3. The number of hydrogen-bond acceptors (Lipinski definition) is 2. The van der Waals surface area contributed by atoms with Gasteiger partial charge in [-0.25, -0.2) is 0 Å². The Bertz CT molecular complexity index is 3030. The average molecular weight is 641 g/mol. The largest absolute Gasteiger partial charge is 0.134 e. The lowest BCUT2D eigenvalue weighted by molar-refractivity contribution is 1.72. The average Bonchev–Trinajstić information content (AvgIpc) is 3.68. The minimum Gasteiger partial charge on any atom is -0.134 e. The highest BCUT2D eigenvalue weighted by molar-refractivity contribution is 7.36. The van der Waals surface area contributed by atoms with E-state index in [2.05, 4.69) is 146 Å². The molecule has 0 fully saturated rings. The molecule has 0 aliphatic rings. The minimum absolute atomic E-state index is 1.28. The van der Waals surface area contributed by atoms with Gasteiger partial charge in [-0.2, -0.15) is 0 Å². The van der Waals surface area contributed by atoms with Crippen LogP contribution in [0.25, 0.3) is 116 Å². The van der Waals surface area contributed by atoms with Crippen LogP contribution < -0.4 is 0 Å². The van der Waals surface area contributed by atoms with Crippen LogP contribution in [-0.4, -0.2) is 0 Å². The Kier molecular flexibility index (Phi) is 4.83. The van der Waals surface area contributed by atoms with Crippen LogP contribution in [0.3, 0.4) is 0 Å². The molecule has 2 heterocycles. The summed E-state index contributed by atoms with van der Waals surface area (Å²) in [6.45, 7) is 0. The van der Waals surface area contributed by atoms with E-state index < -0.39 is 0 Å². The van der Waals surface area contributed by atoms with Gasteiger partial charge in [0.1, 0.15) is 0 Å². The number of rotatable bonds is 2. The van der Waals surface area contributed by atoms with Gasteiger partial charge in [-0.05, 0) is 111 Å². The minimum atomic E-state index is 1.28. The van der Waals surface area contributed by atoms with E-state index in [0.717, 1.165) is 0 Å². The summed E-state index contributed by atoms with van der Waals surface area (Å²) in [5.74, 6) is 0. The molecule has 220 valence electrons. The van der Waals surface area contributed by atoms with E-state index in [1.807, 2.05) is 22.7 Å². The van der Waals surface area contributed by atoms with E-state index in [-0.39, 0.29) is 0 Å². The summed E-state index contributed by atoms with van der Waals surface area (Å²) in [6.07, 6.45) is 0. The van der Waals surface area contributed by atoms with E-state index in [1.165, 1.54) is 116 Å². The highest BCUT2D eigenvalue weighted by atomic mass is 32.1. The van der Waals surface area contributed by atoms with Crippen molar-refractivity contribution in [3.63, 3.8) is 0 Å². The highest BCUT2D eigenvalue weighted by Crippen LogP contribution is 2.48. The molecule has 0 spiro atoms. The van der Waals surface area contributed by atoms with Crippen molar-refractivity contribution in [2.75, 3.05) is 0 Å². The Morgan fingerprint density at radius 2 is 0.667 bits per heavy atom. The molecule has 0 aliphatic heterocycles. The summed E-state index contributed by atoms with van der Waals surface area (Å²) in [5.41, 5.74) is 5.18. The summed E-state index contributed by atoms with van der Waals surface area (Å²) >= 11 is 3.87. The number of benzene rings is 10. The molecule has 0 bridgehead atoms. The first-order valence-corrected chi connectivity index (χ1v) is 18.1. The van der Waals surface area contributed by atoms with Crippen LogP contribution in [0.2, 0.25) is 0 Å². The van der Waals surface area contributed by atoms with Crippen LogP contribution >= 0.6 is 22.7 Å². The molecular weight excluding hydrogens is 617 g/mol. The Balaban J connectivity index is 1.05. The molecule has 10 aromatic carbocycles. The molecule has 2 aromatic heterocycles. The summed E-state index contributed by atoms with van der Waals surface area (Å²) in [6, 6.07) is 55.0. The lowest BCUT2D eigenvalue weighted by Gasteiger charge is -2.14. The number of fused-ring (bicyclic) bond motifs is 5. The first-order valence-electron chi connectivity index (χ1n) is 16.5. The molecule has 0 N–H and O–H groups in total. The van der Waals surface area contributed by atoms with Crippen LogP contribution in [0.15, 0.2) is 146 Å². The van der Waals surface area contributed by atoms with E-state index in [4.69, 9.17) is 0 Å². The second kappa shape index (κ2) is 9.08. The molecule has 48 heavy (non-hydrogen) atoms. The molecule has 2 heteroatoms. The lowest BCUT2D eigenvalue weighted by atomic mass is 9.89. The lowest BCUT2D eigenvalue weighted by Crippen LogP contribution is -1.87. The molecule has 0 atom stereocenters. The van der Waals surface area contributed by atoms with Gasteiger partial charge in [0, 0.05) is 20.2 Å². The van der Waals surface area contributed by atoms with Crippen molar-refractivity contribution in [2.24, 2.45) is 0 Å². The fourth-order valence-electron chi connectivity index (χ4n) is 8.57. The van der Waals surface area contributed by atoms with E-state index in [1.54, 1.807) is 0 Å². The first kappa shape index (κ1) is 25.5. The number of thiophene rings is 2. The second-order valence-electron chi connectivity index (χ2n) is 13.2. The van der Waals surface area contributed by atoms with Gasteiger partial charge in [-0.15, -0.1) is 22.7 Å². The monoisotopic (exact) mass is 640 g/mol. The third-order valence-corrected chi connectivity index (χ3v) is 13.3. The SMILES string of the molecule is c1cc2ccc3ccc(-c4ccc5sc6c7cc(-c8ccc9ccc%10cccc%11ccc8c9c%10%11)ccc7sc6c5c4)c4ccc(c1)c2c34. The van der Waals surface area contributed by atoms with Crippen molar-refractivity contribution in [2.45, 2.75) is 0 Å². The van der Waals surface area contributed by atoms with Gasteiger partial charge in [-0.1, -0.05) is 121 Å². The predicted molar refractivity (Wildman–Crippen MR) is 213 cm³/mol. The Morgan fingerprint density at radius 3 is 1.10 bits per heavy atom. The molecule has 0 aliphatic carbocycles. The molecule has 0 amide bonds. The molecule has 0 nitrogen and oxygen atoms in total. The second-order valence-corrected chi connectivity index (χ2v) is 15.3. The zero-order chi connectivity index (χ0) is 31.1. The van der Waals surface area contributed by atoms with Crippen LogP contribution in [0.4, 0.5) is 0 Å². The molecule has 12 rings (SSSR count). The summed E-state index contributed by atoms with van der Waals surface area (Å²) in [4.78, 5) is 0. The number of hydrogen-bond donors (Lipinski definition) is 0. The maximum atomic E-state index is 2.44. The predicted octanol–water partition coefficient (Wildman–Crippen LogP) is 14.4. The van der Waals surface area contributed by atoms with Gasteiger partial charge in [0.2, 0.25) is 0 Å². The summed E-state index contributed by atoms with van der Waals surface area (Å²) in [7, 11) is 0. The molecule has 0 saturated carbocycles. The zero-order valence-electron chi connectivity index (χ0n) is 25.7. The van der Waals surface area contributed by atoms with Gasteiger partial charge in [-0.3, -0.25) is 0 Å². The summed E-state index contributed by atoms with van der Waals surface area (Å²) < 4.78 is 5.51. The van der Waals surface area contributed by atoms with E-state index >= 15 is 0 Å². The van der Waals surface area contributed by atoms with E-state index in [0.29, 0.717) is 0 Å². The molecule has 0 saturated heterocycles. The van der Waals surface area contributed by atoms with Gasteiger partial charge < -0.3 is 0 Å². The first-order chi connectivity index (χ1) is 23.8. The van der Waals surface area contributed by atoms with Crippen molar-refractivity contribution in [1.29, 1.82) is 0 Å². The fraction of sp³-hybridized carbons (Fsp3) is 0. The standard InChI is InChI=1S/C46H24S2/c1-3-25-7-9-29-11-17-33(35-19-13-27(5-1)41(25)43(29)35)31-15-21-39-37(23-31)45-46(47-39)38-24-32(16-22-40(38)48-45)34-18-12-30-10-8-26-4-2-6-28-14-20-36(34)44(30)42(26)28/h1-24H. The molecular formula is C46H24S2. The van der Waals surface area contributed by atoms with Crippen molar-refractivity contribution < 1.29 is 0 Å². The quantitative estimate of drug-likeness (QED) is 0.165.